The molecule has 3 atom stereocenters. The van der Waals surface area contributed by atoms with Crippen molar-refractivity contribution in [3.8, 4) is 0 Å². The molecule has 0 aromatic carbocycles. The van der Waals surface area contributed by atoms with Gasteiger partial charge in [0, 0.05) is 17.6 Å². The van der Waals surface area contributed by atoms with Gasteiger partial charge in [-0.15, -0.1) is 0 Å². The minimum atomic E-state index is -0.713. The van der Waals surface area contributed by atoms with Crippen LogP contribution in [0.5, 0.6) is 0 Å². The zero-order valence-corrected chi connectivity index (χ0v) is 9.62. The fraction of sp³-hybridized carbons (Fsp3) is 1.00. The fourth-order valence-corrected chi connectivity index (χ4v) is 2.65. The van der Waals surface area contributed by atoms with Crippen LogP contribution in [0.1, 0.15) is 6.42 Å². The van der Waals surface area contributed by atoms with E-state index < -0.39 is 6.17 Å². The number of likely N-dealkylation sites (tertiary alicyclic amines) is 1. The van der Waals surface area contributed by atoms with Gasteiger partial charge in [-0.3, -0.25) is 4.90 Å². The van der Waals surface area contributed by atoms with Gasteiger partial charge in [0.15, 0.2) is 0 Å². The second-order valence-corrected chi connectivity index (χ2v) is 4.13. The van der Waals surface area contributed by atoms with Crippen molar-refractivity contribution in [2.45, 2.75) is 24.7 Å². The summed E-state index contributed by atoms with van der Waals surface area (Å²) in [4.78, 5) is 2.10. The first-order chi connectivity index (χ1) is 5.70. The van der Waals surface area contributed by atoms with Crippen LogP contribution in [0.2, 0.25) is 0 Å². The predicted octanol–water partition coefficient (Wildman–Crippen LogP) is 1.48. The fourth-order valence-electron chi connectivity index (χ4n) is 1.67. The molecule has 0 saturated carbocycles. The lowest BCUT2D eigenvalue weighted by molar-refractivity contribution is 0.0903. The summed E-state index contributed by atoms with van der Waals surface area (Å²) in [6, 6.07) is 0.357. The number of hydrogen-bond acceptors (Lipinski definition) is 2. The normalized spacial score (nSPS) is 37.5. The Kier molecular flexibility index (Phi) is 4.19. The van der Waals surface area contributed by atoms with Crippen LogP contribution in [-0.4, -0.2) is 48.3 Å². The van der Waals surface area contributed by atoms with Crippen LogP contribution in [-0.2, 0) is 4.74 Å². The Labute approximate surface area is 86.6 Å². The number of hydrogen-bond donors (Lipinski definition) is 0. The lowest BCUT2D eigenvalue weighted by Crippen LogP contribution is -2.38. The number of alkyl halides is 2. The van der Waals surface area contributed by atoms with Crippen molar-refractivity contribution in [2.75, 3.05) is 25.2 Å². The molecule has 2 nitrogen and oxygen atoms in total. The molecule has 1 aliphatic heterocycles. The summed E-state index contributed by atoms with van der Waals surface area (Å²) >= 11 is 2.30. The van der Waals surface area contributed by atoms with Crippen LogP contribution in [0.15, 0.2) is 0 Å². The van der Waals surface area contributed by atoms with E-state index in [0.29, 0.717) is 19.1 Å². The minimum Gasteiger partial charge on any atom is -0.383 e. The first-order valence-electron chi connectivity index (χ1n) is 4.11. The van der Waals surface area contributed by atoms with Crippen LogP contribution in [0.3, 0.4) is 0 Å². The molecule has 0 aliphatic carbocycles. The van der Waals surface area contributed by atoms with E-state index >= 15 is 0 Å². The van der Waals surface area contributed by atoms with Gasteiger partial charge in [0.2, 0.25) is 0 Å². The van der Waals surface area contributed by atoms with Crippen LogP contribution < -0.4 is 0 Å². The second-order valence-electron chi connectivity index (χ2n) is 3.25. The van der Waals surface area contributed by atoms with Gasteiger partial charge in [0.05, 0.1) is 12.6 Å². The van der Waals surface area contributed by atoms with Crippen molar-refractivity contribution in [2.24, 2.45) is 0 Å². The topological polar surface area (TPSA) is 12.5 Å². The van der Waals surface area contributed by atoms with E-state index in [1.807, 2.05) is 7.05 Å². The number of nitrogens with zero attached hydrogens (tertiary/aromatic N) is 1. The quantitative estimate of drug-likeness (QED) is 0.576. The van der Waals surface area contributed by atoms with E-state index in [9.17, 15) is 4.39 Å². The summed E-state index contributed by atoms with van der Waals surface area (Å²) in [5.41, 5.74) is 0. The van der Waals surface area contributed by atoms with Crippen molar-refractivity contribution in [1.29, 1.82) is 0 Å². The molecule has 0 N–H and O–H groups in total. The number of likely N-dealkylation sites (N-methyl/N-ethyl adjacent to an activating group) is 1. The Hall–Kier alpha value is 0.580. The van der Waals surface area contributed by atoms with Crippen LogP contribution in [0, 0.1) is 0 Å². The Balaban J connectivity index is 2.51. The second kappa shape index (κ2) is 4.72. The maximum Gasteiger partial charge on any atom is 0.119 e. The zero-order chi connectivity index (χ0) is 9.14. The molecule has 1 unspecified atom stereocenters. The summed E-state index contributed by atoms with van der Waals surface area (Å²) in [5, 5.41) is 0. The van der Waals surface area contributed by atoms with Gasteiger partial charge >= 0.3 is 0 Å². The van der Waals surface area contributed by atoms with Gasteiger partial charge < -0.3 is 4.74 Å². The van der Waals surface area contributed by atoms with Crippen molar-refractivity contribution in [1.82, 2.24) is 4.90 Å². The molecular weight excluding hydrogens is 272 g/mol. The Morgan fingerprint density at radius 2 is 2.33 bits per heavy atom. The van der Waals surface area contributed by atoms with Crippen molar-refractivity contribution < 1.29 is 9.13 Å². The number of methoxy groups -OCH3 is 1. The molecule has 0 aromatic heterocycles. The highest BCUT2D eigenvalue weighted by molar-refractivity contribution is 14.1. The van der Waals surface area contributed by atoms with E-state index in [0.717, 1.165) is 4.43 Å². The highest BCUT2D eigenvalue weighted by Gasteiger charge is 2.38. The third-order valence-corrected chi connectivity index (χ3v) is 3.55. The summed E-state index contributed by atoms with van der Waals surface area (Å²) in [6.45, 7) is 0.505. The molecule has 1 rings (SSSR count). The molecule has 1 fully saturated rings. The Bertz CT molecular complexity index is 147. The van der Waals surface area contributed by atoms with Gasteiger partial charge in [-0.05, 0) is 13.5 Å². The summed E-state index contributed by atoms with van der Waals surface area (Å²) in [7, 11) is 3.60. The molecule has 0 amide bonds. The van der Waals surface area contributed by atoms with E-state index in [1.165, 1.54) is 0 Å². The molecule has 0 aromatic rings. The first-order valence-corrected chi connectivity index (χ1v) is 5.64. The molecule has 72 valence electrons. The highest BCUT2D eigenvalue weighted by atomic mass is 127. The predicted molar refractivity (Wildman–Crippen MR) is 55.6 cm³/mol. The van der Waals surface area contributed by atoms with Crippen molar-refractivity contribution in [3.63, 3.8) is 0 Å². The highest BCUT2D eigenvalue weighted by Crippen LogP contribution is 2.26. The minimum absolute atomic E-state index is 0.0326. The lowest BCUT2D eigenvalue weighted by atomic mass is 10.2. The molecule has 0 bridgehead atoms. The van der Waals surface area contributed by atoms with Crippen molar-refractivity contribution >= 4 is 22.6 Å². The average Bonchev–Trinajstić information content (AvgIpc) is 2.32. The van der Waals surface area contributed by atoms with Gasteiger partial charge in [-0.1, -0.05) is 22.6 Å². The molecule has 1 heterocycles. The maximum absolute atomic E-state index is 13.3. The van der Waals surface area contributed by atoms with Crippen LogP contribution in [0.25, 0.3) is 0 Å². The van der Waals surface area contributed by atoms with Gasteiger partial charge in [0.1, 0.15) is 6.17 Å². The standard InChI is InChI=1S/C8H15FINO/c1-11-6(4-10)3-7(9)8(11)5-12-2/h6-8H,3-5H2,1-2H3/t6-,7-,8?/m0/s1. The maximum atomic E-state index is 13.3. The van der Waals surface area contributed by atoms with Gasteiger partial charge in [-0.2, -0.15) is 0 Å². The number of rotatable bonds is 3. The molecule has 0 spiro atoms. The third kappa shape index (κ3) is 2.09. The SMILES string of the molecule is COCC1[C@@H](F)C[C@@H](CI)N1C. The molecular formula is C8H15FINO. The van der Waals surface area contributed by atoms with E-state index in [2.05, 4.69) is 27.5 Å². The van der Waals surface area contributed by atoms with Crippen molar-refractivity contribution in [3.05, 3.63) is 0 Å². The smallest absolute Gasteiger partial charge is 0.119 e. The summed E-state index contributed by atoms with van der Waals surface area (Å²) < 4.78 is 19.3. The first kappa shape index (κ1) is 10.7. The van der Waals surface area contributed by atoms with Gasteiger partial charge in [-0.25, -0.2) is 4.39 Å². The number of halogens is 2. The average molecular weight is 287 g/mol. The molecule has 1 saturated heterocycles. The van der Waals surface area contributed by atoms with Crippen LogP contribution in [0.4, 0.5) is 4.39 Å². The van der Waals surface area contributed by atoms with E-state index in [1.54, 1.807) is 7.11 Å². The molecule has 4 heteroatoms. The van der Waals surface area contributed by atoms with E-state index in [-0.39, 0.29) is 6.04 Å². The third-order valence-electron chi connectivity index (χ3n) is 2.53. The Morgan fingerprint density at radius 1 is 1.67 bits per heavy atom. The molecule has 1 aliphatic rings. The largest absolute Gasteiger partial charge is 0.383 e. The van der Waals surface area contributed by atoms with E-state index in [4.69, 9.17) is 4.74 Å². The van der Waals surface area contributed by atoms with Crippen LogP contribution >= 0.6 is 22.6 Å². The lowest BCUT2D eigenvalue weighted by Gasteiger charge is -2.23. The zero-order valence-electron chi connectivity index (χ0n) is 7.46. The summed E-state index contributed by atoms with van der Waals surface area (Å²) in [5.74, 6) is 0. The van der Waals surface area contributed by atoms with Gasteiger partial charge in [0.25, 0.3) is 0 Å². The monoisotopic (exact) mass is 287 g/mol. The molecule has 12 heavy (non-hydrogen) atoms. The Morgan fingerprint density at radius 3 is 2.75 bits per heavy atom. The number of ether oxygens (including phenoxy) is 1. The molecule has 0 radical (unpaired) electrons. The summed E-state index contributed by atoms with van der Waals surface area (Å²) in [6.07, 6.45) is -0.0530.